The highest BCUT2D eigenvalue weighted by Crippen LogP contribution is 2.42. The molecule has 0 amide bonds. The van der Waals surface area contributed by atoms with Gasteiger partial charge in [0.05, 0.1) is 6.20 Å². The number of benzene rings is 8. The molecule has 8 aromatic carbocycles. The zero-order chi connectivity index (χ0) is 43.3. The molecule has 0 aliphatic carbocycles. The molecule has 308 valence electrons. The number of hydrogen-bond donors (Lipinski definition) is 0. The van der Waals surface area contributed by atoms with Gasteiger partial charge in [-0.2, -0.15) is 0 Å². The highest BCUT2D eigenvalue weighted by atomic mass is 16.3. The highest BCUT2D eigenvalue weighted by Gasteiger charge is 2.18. The lowest BCUT2D eigenvalue weighted by Crippen LogP contribution is -2.10. The summed E-state index contributed by atoms with van der Waals surface area (Å²) in [5, 5.41) is 10.9. The monoisotopic (exact) mass is 846 g/mol. The van der Waals surface area contributed by atoms with Crippen LogP contribution in [0.1, 0.15) is 0 Å². The lowest BCUT2D eigenvalue weighted by Gasteiger charge is -2.26. The maximum absolute atomic E-state index is 6.20. The molecule has 0 aliphatic rings. The molecule has 0 bridgehead atoms. The fourth-order valence-corrected chi connectivity index (χ4v) is 9.82. The summed E-state index contributed by atoms with van der Waals surface area (Å²) in [6, 6.07) is 64.5. The SMILES string of the molecule is c1ccc2c(c1)oc1cncc(-c3ccc(N(c4ccc5cc(-c6ccc7c(c6)oc6ncccc67)ccc5c4)c4ccc5cc(-c6ccc7c(c6)oc6ncccc67)ccc5c4)cc3)c12. The number of pyridine rings is 3. The zero-order valence-corrected chi connectivity index (χ0v) is 35.1. The summed E-state index contributed by atoms with van der Waals surface area (Å²) in [7, 11) is 0. The molecule has 14 rings (SSSR count). The number of rotatable bonds is 6. The van der Waals surface area contributed by atoms with Crippen molar-refractivity contribution in [2.75, 3.05) is 4.90 Å². The Kier molecular flexibility index (Phi) is 7.85. The van der Waals surface area contributed by atoms with Gasteiger partial charge in [0, 0.05) is 73.5 Å². The smallest absolute Gasteiger partial charge is 0.227 e. The van der Waals surface area contributed by atoms with Crippen LogP contribution in [-0.2, 0) is 0 Å². The van der Waals surface area contributed by atoms with Crippen molar-refractivity contribution >= 4 is 105 Å². The quantitative estimate of drug-likeness (QED) is 0.165. The van der Waals surface area contributed by atoms with Gasteiger partial charge in [0.15, 0.2) is 5.58 Å². The van der Waals surface area contributed by atoms with E-state index in [4.69, 9.17) is 13.3 Å². The van der Waals surface area contributed by atoms with Crippen LogP contribution in [-0.4, -0.2) is 15.0 Å². The van der Waals surface area contributed by atoms with Crippen LogP contribution in [0.4, 0.5) is 17.1 Å². The second-order valence-electron chi connectivity index (χ2n) is 16.9. The number of furan rings is 3. The van der Waals surface area contributed by atoms with E-state index in [2.05, 4.69) is 178 Å². The van der Waals surface area contributed by atoms with E-state index >= 15 is 0 Å². The molecular formula is C59H34N4O3. The molecule has 0 atom stereocenters. The molecule has 66 heavy (non-hydrogen) atoms. The first-order chi connectivity index (χ1) is 32.6. The van der Waals surface area contributed by atoms with Crippen LogP contribution in [0.25, 0.3) is 121 Å². The van der Waals surface area contributed by atoms with Crippen molar-refractivity contribution in [1.29, 1.82) is 0 Å². The number of para-hydroxylation sites is 1. The molecule has 0 saturated carbocycles. The van der Waals surface area contributed by atoms with Crippen molar-refractivity contribution in [2.45, 2.75) is 0 Å². The highest BCUT2D eigenvalue weighted by molar-refractivity contribution is 6.12. The first kappa shape index (κ1) is 36.4. The predicted molar refractivity (Wildman–Crippen MR) is 268 cm³/mol. The molecule has 6 aromatic heterocycles. The lowest BCUT2D eigenvalue weighted by molar-refractivity contribution is 0.654. The van der Waals surface area contributed by atoms with Crippen molar-refractivity contribution in [2.24, 2.45) is 0 Å². The number of nitrogens with zero attached hydrogens (tertiary/aromatic N) is 4. The van der Waals surface area contributed by atoms with E-state index in [-0.39, 0.29) is 0 Å². The van der Waals surface area contributed by atoms with E-state index in [1.54, 1.807) is 18.6 Å². The van der Waals surface area contributed by atoms with Crippen LogP contribution in [0.2, 0.25) is 0 Å². The van der Waals surface area contributed by atoms with Crippen LogP contribution in [0.15, 0.2) is 220 Å². The first-order valence-corrected chi connectivity index (χ1v) is 21.9. The molecule has 7 heteroatoms. The summed E-state index contributed by atoms with van der Waals surface area (Å²) < 4.78 is 18.5. The van der Waals surface area contributed by atoms with E-state index in [9.17, 15) is 0 Å². The summed E-state index contributed by atoms with van der Waals surface area (Å²) >= 11 is 0. The summed E-state index contributed by atoms with van der Waals surface area (Å²) in [5.74, 6) is 0. The average molecular weight is 847 g/mol. The van der Waals surface area contributed by atoms with Gasteiger partial charge in [-0.25, -0.2) is 9.97 Å². The summed E-state index contributed by atoms with van der Waals surface area (Å²) in [5.41, 5.74) is 14.3. The second kappa shape index (κ2) is 14.2. The fraction of sp³-hybridized carbons (Fsp3) is 0. The molecule has 14 aromatic rings. The van der Waals surface area contributed by atoms with Crippen LogP contribution >= 0.6 is 0 Å². The summed E-state index contributed by atoms with van der Waals surface area (Å²) in [6.45, 7) is 0. The lowest BCUT2D eigenvalue weighted by atomic mass is 9.98. The minimum absolute atomic E-state index is 0.655. The van der Waals surface area contributed by atoms with Gasteiger partial charge in [0.25, 0.3) is 0 Å². The van der Waals surface area contributed by atoms with Gasteiger partial charge < -0.3 is 18.2 Å². The summed E-state index contributed by atoms with van der Waals surface area (Å²) in [4.78, 5) is 15.8. The van der Waals surface area contributed by atoms with Crippen molar-refractivity contribution in [3.8, 4) is 33.4 Å². The minimum atomic E-state index is 0.655. The molecular weight excluding hydrogens is 813 g/mol. The Labute approximate surface area is 376 Å². The van der Waals surface area contributed by atoms with Gasteiger partial charge in [0.2, 0.25) is 11.4 Å². The number of fused-ring (bicyclic) bond motifs is 11. The van der Waals surface area contributed by atoms with E-state index < -0.39 is 0 Å². The van der Waals surface area contributed by atoms with Crippen molar-refractivity contribution in [1.82, 2.24) is 15.0 Å². The van der Waals surface area contributed by atoms with Gasteiger partial charge in [-0.05, 0) is 152 Å². The van der Waals surface area contributed by atoms with Gasteiger partial charge >= 0.3 is 0 Å². The molecule has 0 aliphatic heterocycles. The Morgan fingerprint density at radius 3 is 1.45 bits per heavy atom. The Balaban J connectivity index is 0.858. The average Bonchev–Trinajstić information content (AvgIpc) is 4.07. The Bertz CT molecular complexity index is 4060. The largest absolute Gasteiger partial charge is 0.454 e. The van der Waals surface area contributed by atoms with E-state index in [0.29, 0.717) is 11.4 Å². The molecule has 7 nitrogen and oxygen atoms in total. The van der Waals surface area contributed by atoms with Gasteiger partial charge in [0.1, 0.15) is 16.7 Å². The Morgan fingerprint density at radius 2 is 0.833 bits per heavy atom. The number of hydrogen-bond acceptors (Lipinski definition) is 7. The van der Waals surface area contributed by atoms with Crippen molar-refractivity contribution in [3.63, 3.8) is 0 Å². The normalized spacial score (nSPS) is 11.9. The Hall–Kier alpha value is -9.07. The zero-order valence-electron chi connectivity index (χ0n) is 35.1. The molecule has 0 unspecified atom stereocenters. The van der Waals surface area contributed by atoms with Crippen LogP contribution < -0.4 is 4.90 Å². The maximum atomic E-state index is 6.20. The maximum Gasteiger partial charge on any atom is 0.227 e. The predicted octanol–water partition coefficient (Wildman–Crippen LogP) is 16.3. The summed E-state index contributed by atoms with van der Waals surface area (Å²) in [6.07, 6.45) is 7.27. The topological polar surface area (TPSA) is 81.3 Å². The third-order valence-electron chi connectivity index (χ3n) is 13.1. The molecule has 0 saturated heterocycles. The molecule has 0 spiro atoms. The molecule has 0 radical (unpaired) electrons. The Morgan fingerprint density at radius 1 is 0.333 bits per heavy atom. The van der Waals surface area contributed by atoms with E-state index in [0.717, 1.165) is 127 Å². The van der Waals surface area contributed by atoms with Crippen LogP contribution in [0.5, 0.6) is 0 Å². The fourth-order valence-electron chi connectivity index (χ4n) is 9.82. The van der Waals surface area contributed by atoms with E-state index in [1.807, 2.05) is 30.5 Å². The second-order valence-corrected chi connectivity index (χ2v) is 16.9. The van der Waals surface area contributed by atoms with Gasteiger partial charge in [-0.15, -0.1) is 0 Å². The third kappa shape index (κ3) is 5.80. The van der Waals surface area contributed by atoms with Crippen LogP contribution in [0.3, 0.4) is 0 Å². The van der Waals surface area contributed by atoms with Crippen molar-refractivity contribution in [3.05, 3.63) is 207 Å². The third-order valence-corrected chi connectivity index (χ3v) is 13.1. The molecule has 6 heterocycles. The van der Waals surface area contributed by atoms with E-state index in [1.165, 1.54) is 0 Å². The number of anilines is 3. The minimum Gasteiger partial charge on any atom is -0.454 e. The molecule has 0 fully saturated rings. The molecule has 0 N–H and O–H groups in total. The van der Waals surface area contributed by atoms with Gasteiger partial charge in [-0.1, -0.05) is 78.9 Å². The van der Waals surface area contributed by atoms with Crippen LogP contribution in [0, 0.1) is 0 Å². The van der Waals surface area contributed by atoms with Crippen molar-refractivity contribution < 1.29 is 13.3 Å². The standard InChI is InChI=1S/C59H34N4O3/c1-2-8-53-51(5-1)57-52(33-60-34-56(57)64-53)35-13-19-44(20-14-35)63(45-21-15-38-27-36(9-11-40(38)29-45)42-17-23-47-49-6-3-25-61-58(49)65-54(47)31-42)46-22-16-39-28-37(10-12-41(39)30-46)43-18-24-48-50-7-4-26-62-59(50)66-55(48)32-43/h1-34H. The van der Waals surface area contributed by atoms with Gasteiger partial charge in [-0.3, -0.25) is 4.98 Å². The number of aromatic nitrogens is 3. The first-order valence-electron chi connectivity index (χ1n) is 21.9.